The molecule has 146 valence electrons. The van der Waals surface area contributed by atoms with E-state index >= 15 is 0 Å². The first kappa shape index (κ1) is 21.5. The van der Waals surface area contributed by atoms with Crippen LogP contribution < -0.4 is 5.32 Å². The Morgan fingerprint density at radius 2 is 1.89 bits per heavy atom. The molecule has 0 unspecified atom stereocenters. The number of carbonyl (C=O) groups is 2. The van der Waals surface area contributed by atoms with Gasteiger partial charge in [0.15, 0.2) is 10.1 Å². The van der Waals surface area contributed by atoms with Crippen LogP contribution in [0.25, 0.3) is 0 Å². The van der Waals surface area contributed by atoms with Crippen molar-refractivity contribution in [2.75, 3.05) is 11.1 Å². The molecule has 1 N–H and O–H groups in total. The molecular weight excluding hydrogens is 385 g/mol. The van der Waals surface area contributed by atoms with Crippen molar-refractivity contribution in [2.45, 2.75) is 44.9 Å². The van der Waals surface area contributed by atoms with Gasteiger partial charge < -0.3 is 5.32 Å². The van der Waals surface area contributed by atoms with E-state index in [9.17, 15) is 14.0 Å². The number of thioether (sulfide) groups is 1. The molecule has 0 aliphatic carbocycles. The number of hydrogen-bond acceptors (Lipinski definition) is 6. The molecule has 1 atom stereocenters. The summed E-state index contributed by atoms with van der Waals surface area (Å²) in [5, 5.41) is 11.1. The van der Waals surface area contributed by atoms with Crippen LogP contribution in [0.15, 0.2) is 28.6 Å². The Morgan fingerprint density at radius 1 is 1.22 bits per heavy atom. The van der Waals surface area contributed by atoms with Crippen LogP contribution in [0.1, 0.15) is 50.9 Å². The Labute approximate surface area is 167 Å². The van der Waals surface area contributed by atoms with Gasteiger partial charge in [0, 0.05) is 12.0 Å². The van der Waals surface area contributed by atoms with Gasteiger partial charge in [-0.05, 0) is 42.0 Å². The van der Waals surface area contributed by atoms with Gasteiger partial charge in [-0.3, -0.25) is 9.59 Å². The third-order valence-corrected chi connectivity index (χ3v) is 5.61. The minimum Gasteiger partial charge on any atom is -0.300 e. The number of nitrogens with zero attached hydrogens (tertiary/aromatic N) is 2. The predicted molar refractivity (Wildman–Crippen MR) is 108 cm³/mol. The summed E-state index contributed by atoms with van der Waals surface area (Å²) in [7, 11) is 0. The summed E-state index contributed by atoms with van der Waals surface area (Å²) < 4.78 is 13.5. The Kier molecular flexibility index (Phi) is 7.49. The van der Waals surface area contributed by atoms with E-state index in [-0.39, 0.29) is 34.6 Å². The van der Waals surface area contributed by atoms with E-state index < -0.39 is 0 Å². The second-order valence-corrected chi connectivity index (χ2v) is 9.91. The van der Waals surface area contributed by atoms with E-state index in [1.165, 1.54) is 47.4 Å². The predicted octanol–water partition coefficient (Wildman–Crippen LogP) is 5.05. The van der Waals surface area contributed by atoms with Gasteiger partial charge in [0.1, 0.15) is 5.82 Å². The fourth-order valence-corrected chi connectivity index (χ4v) is 4.43. The summed E-state index contributed by atoms with van der Waals surface area (Å²) in [5.74, 6) is -0.115. The quantitative estimate of drug-likeness (QED) is 0.375. The first-order valence-corrected chi connectivity index (χ1v) is 10.5. The van der Waals surface area contributed by atoms with Crippen molar-refractivity contribution in [1.82, 2.24) is 10.2 Å². The van der Waals surface area contributed by atoms with E-state index in [0.29, 0.717) is 21.5 Å². The molecular formula is C19H24FN3O2S2. The number of ketones is 1. The van der Waals surface area contributed by atoms with Gasteiger partial charge in [-0.1, -0.05) is 50.8 Å². The second kappa shape index (κ2) is 9.41. The van der Waals surface area contributed by atoms with Gasteiger partial charge in [-0.15, -0.1) is 10.2 Å². The third kappa shape index (κ3) is 7.76. The number of anilines is 1. The average Bonchev–Trinajstić information content (AvgIpc) is 2.98. The summed E-state index contributed by atoms with van der Waals surface area (Å²) in [6.45, 7) is 8.53. The van der Waals surface area contributed by atoms with E-state index in [0.717, 1.165) is 6.42 Å². The molecule has 0 fully saturated rings. The molecule has 0 aliphatic rings. The summed E-state index contributed by atoms with van der Waals surface area (Å²) in [6, 6.07) is 5.44. The van der Waals surface area contributed by atoms with Crippen molar-refractivity contribution in [3.05, 3.63) is 35.6 Å². The normalized spacial score (nSPS) is 12.6. The molecule has 8 heteroatoms. The number of aromatic nitrogens is 2. The highest BCUT2D eigenvalue weighted by molar-refractivity contribution is 8.01. The molecule has 1 heterocycles. The number of hydrogen-bond donors (Lipinski definition) is 1. The van der Waals surface area contributed by atoms with Gasteiger partial charge in [0.25, 0.3) is 0 Å². The summed E-state index contributed by atoms with van der Waals surface area (Å²) in [6.07, 6.45) is 1.39. The first-order chi connectivity index (χ1) is 12.6. The van der Waals surface area contributed by atoms with Crippen LogP contribution in [0.2, 0.25) is 0 Å². The summed E-state index contributed by atoms with van der Waals surface area (Å²) in [5.41, 5.74) is 0.637. The molecule has 27 heavy (non-hydrogen) atoms. The third-order valence-electron chi connectivity index (χ3n) is 3.64. The maximum atomic E-state index is 12.9. The van der Waals surface area contributed by atoms with Gasteiger partial charge >= 0.3 is 0 Å². The molecule has 0 saturated heterocycles. The number of nitrogens with one attached hydrogen (secondary N) is 1. The maximum absolute atomic E-state index is 12.9. The number of Topliss-reactive ketones (excluding diaryl/α,β-unsaturated/α-hetero) is 1. The topological polar surface area (TPSA) is 72.0 Å². The fourth-order valence-electron chi connectivity index (χ4n) is 2.77. The lowest BCUT2D eigenvalue weighted by Crippen LogP contribution is -2.18. The lowest BCUT2D eigenvalue weighted by molar-refractivity contribution is -0.117. The zero-order chi connectivity index (χ0) is 20.0. The summed E-state index contributed by atoms with van der Waals surface area (Å²) in [4.78, 5) is 24.2. The van der Waals surface area contributed by atoms with E-state index in [2.05, 4.69) is 43.2 Å². The number of carbonyl (C=O) groups excluding carboxylic acids is 2. The van der Waals surface area contributed by atoms with Gasteiger partial charge in [0.2, 0.25) is 11.0 Å². The Balaban J connectivity index is 1.81. The Morgan fingerprint density at radius 3 is 2.52 bits per heavy atom. The minimum atomic E-state index is -0.375. The molecule has 0 radical (unpaired) electrons. The maximum Gasteiger partial charge on any atom is 0.226 e. The van der Waals surface area contributed by atoms with Crippen molar-refractivity contribution in [2.24, 2.45) is 11.3 Å². The number of benzene rings is 1. The number of halogens is 1. The summed E-state index contributed by atoms with van der Waals surface area (Å²) >= 11 is 2.49. The molecule has 1 amide bonds. The van der Waals surface area contributed by atoms with Crippen LogP contribution in [0.4, 0.5) is 9.52 Å². The zero-order valence-corrected chi connectivity index (χ0v) is 17.5. The molecule has 2 aromatic rings. The molecule has 0 spiro atoms. The molecule has 1 aromatic carbocycles. The minimum absolute atomic E-state index is 0.0816. The monoisotopic (exact) mass is 409 g/mol. The van der Waals surface area contributed by atoms with Crippen molar-refractivity contribution < 1.29 is 14.0 Å². The van der Waals surface area contributed by atoms with Crippen LogP contribution in [-0.4, -0.2) is 27.6 Å². The van der Waals surface area contributed by atoms with Gasteiger partial charge in [0.05, 0.1) is 5.75 Å². The van der Waals surface area contributed by atoms with Crippen LogP contribution in [-0.2, 0) is 4.79 Å². The van der Waals surface area contributed by atoms with Crippen molar-refractivity contribution in [1.29, 1.82) is 0 Å². The van der Waals surface area contributed by atoms with Crippen molar-refractivity contribution in [3.8, 4) is 0 Å². The second-order valence-electron chi connectivity index (χ2n) is 7.71. The van der Waals surface area contributed by atoms with E-state index in [4.69, 9.17) is 0 Å². The highest BCUT2D eigenvalue weighted by Crippen LogP contribution is 2.28. The van der Waals surface area contributed by atoms with Crippen molar-refractivity contribution >= 4 is 39.9 Å². The van der Waals surface area contributed by atoms with Gasteiger partial charge in [-0.25, -0.2) is 4.39 Å². The first-order valence-electron chi connectivity index (χ1n) is 8.67. The standard InChI is InChI=1S/C19H24FN3O2S2/c1-12(10-19(2,3)4)9-16(25)21-17-22-23-18(27-17)26-11-15(24)13-5-7-14(20)8-6-13/h5-8,12H,9-11H2,1-4H3,(H,21,22,25)/t12-/m1/s1. The average molecular weight is 410 g/mol. The molecule has 5 nitrogen and oxygen atoms in total. The van der Waals surface area contributed by atoms with Crippen LogP contribution >= 0.6 is 23.1 Å². The van der Waals surface area contributed by atoms with Gasteiger partial charge in [-0.2, -0.15) is 0 Å². The fraction of sp³-hybridized carbons (Fsp3) is 0.474. The number of amides is 1. The highest BCUT2D eigenvalue weighted by Gasteiger charge is 2.18. The SMILES string of the molecule is C[C@H](CC(=O)Nc1nnc(SCC(=O)c2ccc(F)cc2)s1)CC(C)(C)C. The van der Waals surface area contributed by atoms with E-state index in [1.807, 2.05) is 0 Å². The molecule has 0 saturated carbocycles. The molecule has 0 bridgehead atoms. The Bertz CT molecular complexity index is 785. The molecule has 2 rings (SSSR count). The highest BCUT2D eigenvalue weighted by atomic mass is 32.2. The smallest absolute Gasteiger partial charge is 0.226 e. The van der Waals surface area contributed by atoms with Crippen molar-refractivity contribution in [3.63, 3.8) is 0 Å². The van der Waals surface area contributed by atoms with Crippen LogP contribution in [0.5, 0.6) is 0 Å². The largest absolute Gasteiger partial charge is 0.300 e. The lowest BCUT2D eigenvalue weighted by Gasteiger charge is -2.22. The lowest BCUT2D eigenvalue weighted by atomic mass is 9.84. The van der Waals surface area contributed by atoms with Crippen LogP contribution in [0.3, 0.4) is 0 Å². The van der Waals surface area contributed by atoms with E-state index in [1.54, 1.807) is 0 Å². The van der Waals surface area contributed by atoms with Crippen LogP contribution in [0, 0.1) is 17.2 Å². The molecule has 1 aromatic heterocycles. The number of rotatable bonds is 8. The zero-order valence-electron chi connectivity index (χ0n) is 15.9. The molecule has 0 aliphatic heterocycles. The Hall–Kier alpha value is -1.80.